The summed E-state index contributed by atoms with van der Waals surface area (Å²) in [5.41, 5.74) is 0.176. The lowest BCUT2D eigenvalue weighted by Gasteiger charge is -2.09. The van der Waals surface area contributed by atoms with E-state index in [1.54, 1.807) is 6.07 Å². The summed E-state index contributed by atoms with van der Waals surface area (Å²) in [6.07, 6.45) is 2.92. The fraction of sp³-hybridized carbons (Fsp3) is 0.0769. The van der Waals surface area contributed by atoms with E-state index in [9.17, 15) is 9.18 Å². The van der Waals surface area contributed by atoms with Gasteiger partial charge in [0.05, 0.1) is 16.8 Å². The number of hydrogen-bond donors (Lipinski definition) is 0. The first kappa shape index (κ1) is 12.5. The average molecular weight is 266 g/mol. The number of Topliss-reactive ketones (excluding diaryl/α,β-unsaturated/α-hetero) is 1. The molecule has 0 radical (unpaired) electrons. The largest absolute Gasteiger partial charge is 0.455 e. The van der Waals surface area contributed by atoms with Crippen molar-refractivity contribution in [2.75, 3.05) is 0 Å². The summed E-state index contributed by atoms with van der Waals surface area (Å²) >= 11 is 5.77. The number of nitrogens with zero attached hydrogens (tertiary/aromatic N) is 1. The van der Waals surface area contributed by atoms with Crippen LogP contribution in [-0.4, -0.2) is 10.8 Å². The molecule has 0 aliphatic heterocycles. The number of ketones is 1. The van der Waals surface area contributed by atoms with Crippen molar-refractivity contribution in [1.29, 1.82) is 0 Å². The summed E-state index contributed by atoms with van der Waals surface area (Å²) in [6.45, 7) is 1.35. The Balaban J connectivity index is 2.37. The molecule has 5 heteroatoms. The molecule has 0 aliphatic rings. The summed E-state index contributed by atoms with van der Waals surface area (Å²) in [5.74, 6) is -0.110. The van der Waals surface area contributed by atoms with Gasteiger partial charge in [-0.3, -0.25) is 9.78 Å². The van der Waals surface area contributed by atoms with Gasteiger partial charge in [-0.05, 0) is 25.1 Å². The number of pyridine rings is 1. The summed E-state index contributed by atoms with van der Waals surface area (Å²) in [5, 5.41) is 0.416. The first-order valence-corrected chi connectivity index (χ1v) is 5.53. The van der Waals surface area contributed by atoms with E-state index in [1.807, 2.05) is 0 Å². The third-order valence-electron chi connectivity index (χ3n) is 2.23. The Labute approximate surface area is 108 Å². The molecule has 92 valence electrons. The molecule has 18 heavy (non-hydrogen) atoms. The lowest BCUT2D eigenvalue weighted by Crippen LogP contribution is -1.98. The van der Waals surface area contributed by atoms with Gasteiger partial charge < -0.3 is 4.74 Å². The third-order valence-corrected chi connectivity index (χ3v) is 2.44. The molecule has 0 fully saturated rings. The molecular weight excluding hydrogens is 257 g/mol. The van der Waals surface area contributed by atoms with Crippen molar-refractivity contribution in [2.45, 2.75) is 6.92 Å². The Morgan fingerprint density at radius 2 is 2.11 bits per heavy atom. The summed E-state index contributed by atoms with van der Waals surface area (Å²) in [4.78, 5) is 15.2. The zero-order valence-corrected chi connectivity index (χ0v) is 10.2. The minimum absolute atomic E-state index is 0.176. The van der Waals surface area contributed by atoms with E-state index in [1.165, 1.54) is 31.5 Å². The van der Waals surface area contributed by atoms with Crippen molar-refractivity contribution in [3.8, 4) is 11.5 Å². The van der Waals surface area contributed by atoms with Gasteiger partial charge in [-0.15, -0.1) is 0 Å². The molecule has 0 N–H and O–H groups in total. The SMILES string of the molecule is CC(=O)c1cc(F)ccc1Oc1cncc(Cl)c1. The van der Waals surface area contributed by atoms with Gasteiger partial charge in [-0.2, -0.15) is 0 Å². The minimum atomic E-state index is -0.489. The van der Waals surface area contributed by atoms with Crippen LogP contribution in [0.5, 0.6) is 11.5 Å². The molecular formula is C13H9ClFNO2. The highest BCUT2D eigenvalue weighted by Gasteiger charge is 2.11. The van der Waals surface area contributed by atoms with Gasteiger partial charge in [0.25, 0.3) is 0 Å². The Hall–Kier alpha value is -1.94. The topological polar surface area (TPSA) is 39.2 Å². The Morgan fingerprint density at radius 3 is 2.78 bits per heavy atom. The molecule has 2 aromatic rings. The van der Waals surface area contributed by atoms with Crippen molar-refractivity contribution >= 4 is 17.4 Å². The number of aromatic nitrogens is 1. The molecule has 0 atom stereocenters. The van der Waals surface area contributed by atoms with Gasteiger partial charge in [0.2, 0.25) is 0 Å². The highest BCUT2D eigenvalue weighted by Crippen LogP contribution is 2.27. The predicted molar refractivity (Wildman–Crippen MR) is 65.7 cm³/mol. The number of benzene rings is 1. The second-order valence-electron chi connectivity index (χ2n) is 3.64. The van der Waals surface area contributed by atoms with Crippen molar-refractivity contribution in [1.82, 2.24) is 4.98 Å². The minimum Gasteiger partial charge on any atom is -0.455 e. The fourth-order valence-corrected chi connectivity index (χ4v) is 1.61. The van der Waals surface area contributed by atoms with Gasteiger partial charge in [0.1, 0.15) is 17.3 Å². The number of carbonyl (C=O) groups excluding carboxylic acids is 1. The number of rotatable bonds is 3. The highest BCUT2D eigenvalue weighted by molar-refractivity contribution is 6.30. The lowest BCUT2D eigenvalue weighted by atomic mass is 10.1. The Kier molecular flexibility index (Phi) is 3.58. The van der Waals surface area contributed by atoms with E-state index in [-0.39, 0.29) is 17.1 Å². The Morgan fingerprint density at radius 1 is 1.33 bits per heavy atom. The summed E-state index contributed by atoms with van der Waals surface area (Å²) in [6, 6.07) is 5.31. The number of carbonyl (C=O) groups is 1. The summed E-state index contributed by atoms with van der Waals surface area (Å²) in [7, 11) is 0. The van der Waals surface area contributed by atoms with Crippen LogP contribution in [0.15, 0.2) is 36.7 Å². The maximum atomic E-state index is 13.1. The van der Waals surface area contributed by atoms with Crippen LogP contribution < -0.4 is 4.74 Å². The number of halogens is 2. The molecule has 0 bridgehead atoms. The van der Waals surface area contributed by atoms with E-state index in [0.717, 1.165) is 6.07 Å². The van der Waals surface area contributed by atoms with Gasteiger partial charge >= 0.3 is 0 Å². The molecule has 1 aromatic heterocycles. The summed E-state index contributed by atoms with van der Waals surface area (Å²) < 4.78 is 18.5. The molecule has 3 nitrogen and oxygen atoms in total. The fourth-order valence-electron chi connectivity index (χ4n) is 1.44. The van der Waals surface area contributed by atoms with Crippen LogP contribution in [0.3, 0.4) is 0 Å². The Bertz CT molecular complexity index is 601. The monoisotopic (exact) mass is 265 g/mol. The smallest absolute Gasteiger partial charge is 0.163 e. The lowest BCUT2D eigenvalue weighted by molar-refractivity contribution is 0.101. The maximum Gasteiger partial charge on any atom is 0.163 e. The first-order chi connectivity index (χ1) is 8.56. The van der Waals surface area contributed by atoms with Crippen molar-refractivity contribution in [3.63, 3.8) is 0 Å². The third kappa shape index (κ3) is 2.84. The van der Waals surface area contributed by atoms with Gasteiger partial charge in [0, 0.05) is 12.3 Å². The molecule has 0 unspecified atom stereocenters. The van der Waals surface area contributed by atoms with Crippen LogP contribution >= 0.6 is 11.6 Å². The molecule has 0 amide bonds. The molecule has 1 aromatic carbocycles. The zero-order chi connectivity index (χ0) is 13.1. The highest BCUT2D eigenvalue weighted by atomic mass is 35.5. The van der Waals surface area contributed by atoms with Crippen LogP contribution in [0.4, 0.5) is 4.39 Å². The van der Waals surface area contributed by atoms with E-state index >= 15 is 0 Å². The molecule has 0 aliphatic carbocycles. The predicted octanol–water partition coefficient (Wildman–Crippen LogP) is 3.87. The van der Waals surface area contributed by atoms with Gasteiger partial charge in [0.15, 0.2) is 5.78 Å². The molecule has 0 saturated carbocycles. The quantitative estimate of drug-likeness (QED) is 0.791. The van der Waals surface area contributed by atoms with Gasteiger partial charge in [-0.1, -0.05) is 11.6 Å². The average Bonchev–Trinajstić information content (AvgIpc) is 2.31. The molecule has 1 heterocycles. The van der Waals surface area contributed by atoms with Crippen molar-refractivity contribution < 1.29 is 13.9 Å². The number of hydrogen-bond acceptors (Lipinski definition) is 3. The van der Waals surface area contributed by atoms with Crippen LogP contribution in [0.2, 0.25) is 5.02 Å². The van der Waals surface area contributed by atoms with Crippen LogP contribution in [-0.2, 0) is 0 Å². The van der Waals surface area contributed by atoms with Crippen LogP contribution in [0.1, 0.15) is 17.3 Å². The normalized spacial score (nSPS) is 10.2. The van der Waals surface area contributed by atoms with Crippen molar-refractivity contribution in [3.05, 3.63) is 53.1 Å². The van der Waals surface area contributed by atoms with Crippen LogP contribution in [0.25, 0.3) is 0 Å². The first-order valence-electron chi connectivity index (χ1n) is 5.15. The standard InChI is InChI=1S/C13H9ClFNO2/c1-8(17)12-5-10(15)2-3-13(12)18-11-4-9(14)6-16-7-11/h2-7H,1H3. The maximum absolute atomic E-state index is 13.1. The number of ether oxygens (including phenoxy) is 1. The molecule has 0 spiro atoms. The van der Waals surface area contributed by atoms with E-state index < -0.39 is 5.82 Å². The zero-order valence-electron chi connectivity index (χ0n) is 9.48. The van der Waals surface area contributed by atoms with Gasteiger partial charge in [-0.25, -0.2) is 4.39 Å². The second kappa shape index (κ2) is 5.14. The second-order valence-corrected chi connectivity index (χ2v) is 4.07. The van der Waals surface area contributed by atoms with Crippen molar-refractivity contribution in [2.24, 2.45) is 0 Å². The van der Waals surface area contributed by atoms with E-state index in [0.29, 0.717) is 10.8 Å². The van der Waals surface area contributed by atoms with E-state index in [2.05, 4.69) is 4.98 Å². The van der Waals surface area contributed by atoms with Crippen LogP contribution in [0, 0.1) is 5.82 Å². The molecule has 2 rings (SSSR count). The van der Waals surface area contributed by atoms with E-state index in [4.69, 9.17) is 16.3 Å². The molecule has 0 saturated heterocycles.